The lowest BCUT2D eigenvalue weighted by molar-refractivity contribution is -0.140. The molecule has 1 unspecified atom stereocenters. The fraction of sp³-hybridized carbons (Fsp3) is 0.364. The molecule has 2 aromatic rings. The Labute approximate surface area is 176 Å². The van der Waals surface area contributed by atoms with Gasteiger partial charge < -0.3 is 10.2 Å². The summed E-state index contributed by atoms with van der Waals surface area (Å²) in [6, 6.07) is 15.1. The van der Waals surface area contributed by atoms with Crippen molar-refractivity contribution in [1.82, 2.24) is 10.2 Å². The first-order chi connectivity index (χ1) is 13.4. The quantitative estimate of drug-likeness (QED) is 0.601. The molecule has 4 nitrogen and oxygen atoms in total. The van der Waals surface area contributed by atoms with Crippen LogP contribution in [0.15, 0.2) is 53.4 Å². The molecule has 2 rings (SSSR count). The smallest absolute Gasteiger partial charge is 0.242 e. The first kappa shape index (κ1) is 22.3. The molecule has 0 spiro atoms. The van der Waals surface area contributed by atoms with Gasteiger partial charge in [0.15, 0.2) is 0 Å². The Bertz CT molecular complexity index is 795. The van der Waals surface area contributed by atoms with Crippen LogP contribution in [0.1, 0.15) is 31.4 Å². The predicted molar refractivity (Wildman–Crippen MR) is 117 cm³/mol. The lowest BCUT2D eigenvalue weighted by Gasteiger charge is -2.29. The second kappa shape index (κ2) is 11.1. The van der Waals surface area contributed by atoms with Crippen molar-refractivity contribution >= 4 is 35.2 Å². The molecular weight excluding hydrogens is 392 g/mol. The van der Waals surface area contributed by atoms with Gasteiger partial charge in [-0.15, -0.1) is 11.8 Å². The van der Waals surface area contributed by atoms with E-state index in [1.807, 2.05) is 62.4 Å². The summed E-state index contributed by atoms with van der Waals surface area (Å²) in [4.78, 5) is 28.0. The van der Waals surface area contributed by atoms with Gasteiger partial charge in [-0.1, -0.05) is 41.4 Å². The maximum atomic E-state index is 12.9. The van der Waals surface area contributed by atoms with E-state index in [0.717, 1.165) is 16.0 Å². The third-order valence-corrected chi connectivity index (χ3v) is 5.62. The number of carbonyl (C=O) groups is 2. The highest BCUT2D eigenvalue weighted by molar-refractivity contribution is 7.99. The molecule has 2 amide bonds. The number of hydrogen-bond donors (Lipinski definition) is 1. The Balaban J connectivity index is 2.04. The minimum Gasteiger partial charge on any atom is -0.355 e. The molecule has 0 aliphatic carbocycles. The van der Waals surface area contributed by atoms with Crippen LogP contribution in [0.2, 0.25) is 5.02 Å². The van der Waals surface area contributed by atoms with Crippen LogP contribution in [-0.2, 0) is 16.1 Å². The maximum Gasteiger partial charge on any atom is 0.242 e. The number of carbonyl (C=O) groups excluding carboxylic acids is 2. The van der Waals surface area contributed by atoms with Crippen molar-refractivity contribution in [2.24, 2.45) is 0 Å². The highest BCUT2D eigenvalue weighted by atomic mass is 35.5. The van der Waals surface area contributed by atoms with Gasteiger partial charge >= 0.3 is 0 Å². The largest absolute Gasteiger partial charge is 0.355 e. The highest BCUT2D eigenvalue weighted by Crippen LogP contribution is 2.22. The Hall–Kier alpha value is -1.98. The average Bonchev–Trinajstić information content (AvgIpc) is 2.67. The molecule has 6 heteroatoms. The molecule has 0 fully saturated rings. The predicted octanol–water partition coefficient (Wildman–Crippen LogP) is 4.68. The fourth-order valence-electron chi connectivity index (χ4n) is 2.84. The standard InChI is InChI=1S/C22H27ClN2O2S/c1-4-24-22(27)17(3)25(15-18-7-5-6-16(2)14-18)21(26)12-13-28-20-10-8-19(23)9-11-20/h5-11,14,17H,4,12-13,15H2,1-3H3,(H,24,27). The average molecular weight is 419 g/mol. The van der Waals surface area contributed by atoms with Crippen LogP contribution in [0.25, 0.3) is 0 Å². The zero-order valence-electron chi connectivity index (χ0n) is 16.6. The molecule has 0 bridgehead atoms. The molecule has 0 heterocycles. The van der Waals surface area contributed by atoms with E-state index < -0.39 is 6.04 Å². The summed E-state index contributed by atoms with van der Waals surface area (Å²) in [6.45, 7) is 6.64. The van der Waals surface area contributed by atoms with Crippen LogP contribution in [0.5, 0.6) is 0 Å². The summed E-state index contributed by atoms with van der Waals surface area (Å²) in [7, 11) is 0. The third kappa shape index (κ3) is 6.88. The number of benzene rings is 2. The summed E-state index contributed by atoms with van der Waals surface area (Å²) in [5.41, 5.74) is 2.16. The number of aryl methyl sites for hydroxylation is 1. The Morgan fingerprint density at radius 3 is 2.54 bits per heavy atom. The lowest BCUT2D eigenvalue weighted by Crippen LogP contribution is -2.47. The number of thioether (sulfide) groups is 1. The Kier molecular flexibility index (Phi) is 8.87. The summed E-state index contributed by atoms with van der Waals surface area (Å²) in [5, 5.41) is 3.51. The Morgan fingerprint density at radius 1 is 1.18 bits per heavy atom. The minimum absolute atomic E-state index is 0.0262. The number of halogens is 1. The normalized spacial score (nSPS) is 11.7. The molecule has 1 N–H and O–H groups in total. The topological polar surface area (TPSA) is 49.4 Å². The van der Waals surface area contributed by atoms with Gasteiger partial charge in [0.05, 0.1) is 0 Å². The molecule has 28 heavy (non-hydrogen) atoms. The lowest BCUT2D eigenvalue weighted by atomic mass is 10.1. The van der Waals surface area contributed by atoms with E-state index >= 15 is 0 Å². The van der Waals surface area contributed by atoms with E-state index in [4.69, 9.17) is 11.6 Å². The van der Waals surface area contributed by atoms with Crippen molar-refractivity contribution in [3.8, 4) is 0 Å². The molecule has 0 aliphatic heterocycles. The molecule has 0 saturated heterocycles. The van der Waals surface area contributed by atoms with E-state index in [1.54, 1.807) is 23.6 Å². The first-order valence-corrected chi connectivity index (χ1v) is 10.8. The van der Waals surface area contributed by atoms with Crippen molar-refractivity contribution in [2.75, 3.05) is 12.3 Å². The number of likely N-dealkylation sites (N-methyl/N-ethyl adjacent to an activating group) is 1. The van der Waals surface area contributed by atoms with Crippen LogP contribution < -0.4 is 5.32 Å². The highest BCUT2D eigenvalue weighted by Gasteiger charge is 2.25. The van der Waals surface area contributed by atoms with Gasteiger partial charge in [-0.3, -0.25) is 9.59 Å². The molecular formula is C22H27ClN2O2S. The van der Waals surface area contributed by atoms with Gasteiger partial charge in [-0.05, 0) is 50.6 Å². The van der Waals surface area contributed by atoms with Gasteiger partial charge in [0.1, 0.15) is 6.04 Å². The summed E-state index contributed by atoms with van der Waals surface area (Å²) < 4.78 is 0. The summed E-state index contributed by atoms with van der Waals surface area (Å²) in [6.07, 6.45) is 0.364. The Morgan fingerprint density at radius 2 is 1.89 bits per heavy atom. The van der Waals surface area contributed by atoms with Crippen molar-refractivity contribution in [3.63, 3.8) is 0 Å². The number of amides is 2. The SMILES string of the molecule is CCNC(=O)C(C)N(Cc1cccc(C)c1)C(=O)CCSc1ccc(Cl)cc1. The van der Waals surface area contributed by atoms with Crippen LogP contribution in [0.4, 0.5) is 0 Å². The minimum atomic E-state index is -0.520. The number of hydrogen-bond acceptors (Lipinski definition) is 3. The second-order valence-corrected chi connectivity index (χ2v) is 8.24. The fourth-order valence-corrected chi connectivity index (χ4v) is 3.81. The van der Waals surface area contributed by atoms with Crippen molar-refractivity contribution < 1.29 is 9.59 Å². The molecule has 1 atom stereocenters. The number of rotatable bonds is 9. The van der Waals surface area contributed by atoms with E-state index in [-0.39, 0.29) is 11.8 Å². The monoisotopic (exact) mass is 418 g/mol. The van der Waals surface area contributed by atoms with Crippen molar-refractivity contribution in [2.45, 2.75) is 44.7 Å². The van der Waals surface area contributed by atoms with Crippen LogP contribution >= 0.6 is 23.4 Å². The van der Waals surface area contributed by atoms with Gasteiger partial charge in [-0.25, -0.2) is 0 Å². The zero-order chi connectivity index (χ0) is 20.5. The zero-order valence-corrected chi connectivity index (χ0v) is 18.1. The summed E-state index contributed by atoms with van der Waals surface area (Å²) in [5.74, 6) is 0.489. The van der Waals surface area contributed by atoms with E-state index in [9.17, 15) is 9.59 Å². The number of nitrogens with zero attached hydrogens (tertiary/aromatic N) is 1. The molecule has 0 radical (unpaired) electrons. The summed E-state index contributed by atoms with van der Waals surface area (Å²) >= 11 is 7.52. The molecule has 0 saturated carbocycles. The molecule has 150 valence electrons. The van der Waals surface area contributed by atoms with Gasteiger partial charge in [0.25, 0.3) is 0 Å². The van der Waals surface area contributed by atoms with Crippen LogP contribution in [-0.4, -0.2) is 35.1 Å². The number of nitrogens with one attached hydrogen (secondary N) is 1. The molecule has 2 aromatic carbocycles. The van der Waals surface area contributed by atoms with E-state index in [0.29, 0.717) is 30.3 Å². The van der Waals surface area contributed by atoms with Crippen LogP contribution in [0.3, 0.4) is 0 Å². The third-order valence-electron chi connectivity index (χ3n) is 4.35. The van der Waals surface area contributed by atoms with Gasteiger partial charge in [0, 0.05) is 35.2 Å². The first-order valence-electron chi connectivity index (χ1n) is 9.41. The van der Waals surface area contributed by atoms with Gasteiger partial charge in [0.2, 0.25) is 11.8 Å². The van der Waals surface area contributed by atoms with Gasteiger partial charge in [-0.2, -0.15) is 0 Å². The second-order valence-electron chi connectivity index (χ2n) is 6.63. The molecule has 0 aromatic heterocycles. The van der Waals surface area contributed by atoms with E-state index in [2.05, 4.69) is 5.32 Å². The van der Waals surface area contributed by atoms with Crippen molar-refractivity contribution in [1.29, 1.82) is 0 Å². The maximum absolute atomic E-state index is 12.9. The van der Waals surface area contributed by atoms with Crippen LogP contribution in [0, 0.1) is 6.92 Å². The van der Waals surface area contributed by atoms with E-state index in [1.165, 1.54) is 0 Å². The van der Waals surface area contributed by atoms with Crippen molar-refractivity contribution in [3.05, 3.63) is 64.7 Å². The molecule has 0 aliphatic rings.